The standard InChI is InChI=1S/C52H38N4O.CH3.Pt/c1-52(2,3)39-28-29-53-50(32-39)56-49-34-43(26-27-44(49)46-31-38(36-16-7-4-8-17-36)30-45(51(46)56)37-18-9-5-10-19-37)57-42-23-15-22-41(33-42)55-35-54(40-20-11-6-12-21-40)47-24-13-14-25-48(47)55;;/h4-32H,1-3H3;1H3;/q-2;-1;+4. The first-order valence-corrected chi connectivity index (χ1v) is 19.2. The minimum Gasteiger partial charge on any atom is -0.510 e. The molecule has 0 saturated heterocycles. The van der Waals surface area contributed by atoms with Gasteiger partial charge in [0.25, 0.3) is 6.33 Å². The Labute approximate surface area is 360 Å². The zero-order valence-corrected chi connectivity index (χ0v) is 35.5. The van der Waals surface area contributed by atoms with Crippen molar-refractivity contribution < 1.29 is 30.4 Å². The summed E-state index contributed by atoms with van der Waals surface area (Å²) in [5, 5.41) is 2.18. The summed E-state index contributed by atoms with van der Waals surface area (Å²) in [5.41, 5.74) is 11.5. The average Bonchev–Trinajstić information content (AvgIpc) is 3.80. The Hall–Kier alpha value is -6.55. The van der Waals surface area contributed by atoms with E-state index in [1.165, 1.54) is 5.56 Å². The van der Waals surface area contributed by atoms with Gasteiger partial charge in [-0.15, -0.1) is 29.7 Å². The van der Waals surface area contributed by atoms with Gasteiger partial charge in [-0.3, -0.25) is 4.57 Å². The first kappa shape index (κ1) is 39.3. The maximum absolute atomic E-state index is 6.65. The van der Waals surface area contributed by atoms with Crippen molar-refractivity contribution in [2.45, 2.75) is 26.2 Å². The number of para-hydroxylation sites is 3. The van der Waals surface area contributed by atoms with Crippen LogP contribution in [0.4, 0.5) is 0 Å². The normalized spacial score (nSPS) is 11.4. The van der Waals surface area contributed by atoms with Crippen LogP contribution in [-0.2, 0) is 26.5 Å². The van der Waals surface area contributed by atoms with Gasteiger partial charge in [-0.2, -0.15) is 18.2 Å². The van der Waals surface area contributed by atoms with Crippen molar-refractivity contribution in [1.29, 1.82) is 0 Å². The summed E-state index contributed by atoms with van der Waals surface area (Å²) in [6, 6.07) is 66.0. The van der Waals surface area contributed by atoms with E-state index in [0.29, 0.717) is 11.5 Å². The Balaban J connectivity index is 0.00000242. The van der Waals surface area contributed by atoms with Gasteiger partial charge in [0, 0.05) is 28.8 Å². The Morgan fingerprint density at radius 3 is 2.03 bits per heavy atom. The maximum atomic E-state index is 6.65. The predicted octanol–water partition coefficient (Wildman–Crippen LogP) is 12.7. The molecule has 0 aliphatic heterocycles. The van der Waals surface area contributed by atoms with Crippen molar-refractivity contribution in [2.75, 3.05) is 0 Å². The molecule has 3 aromatic heterocycles. The molecule has 0 radical (unpaired) electrons. The summed E-state index contributed by atoms with van der Waals surface area (Å²) in [7, 11) is 0. The van der Waals surface area contributed by atoms with Crippen LogP contribution in [0.5, 0.6) is 11.5 Å². The number of hydrogen-bond donors (Lipinski definition) is 0. The van der Waals surface area contributed by atoms with Crippen molar-refractivity contribution in [3.63, 3.8) is 0 Å². The molecule has 288 valence electrons. The Bertz CT molecular complexity index is 3070. The first-order valence-electron chi connectivity index (χ1n) is 19.2. The fourth-order valence-electron chi connectivity index (χ4n) is 7.73. The largest absolute Gasteiger partial charge is 4.00 e. The quantitative estimate of drug-likeness (QED) is 0.118. The van der Waals surface area contributed by atoms with Crippen LogP contribution in [0, 0.1) is 25.9 Å². The Kier molecular flexibility index (Phi) is 10.7. The Morgan fingerprint density at radius 1 is 0.610 bits per heavy atom. The number of fused-ring (bicyclic) bond motifs is 4. The number of imidazole rings is 1. The van der Waals surface area contributed by atoms with E-state index in [1.807, 2.05) is 59.3 Å². The van der Waals surface area contributed by atoms with Crippen molar-refractivity contribution in [3.05, 3.63) is 208 Å². The Morgan fingerprint density at radius 2 is 1.29 bits per heavy atom. The smallest absolute Gasteiger partial charge is 0.510 e. The second kappa shape index (κ2) is 16.0. The first-order chi connectivity index (χ1) is 27.9. The second-order valence-electron chi connectivity index (χ2n) is 15.3. The summed E-state index contributed by atoms with van der Waals surface area (Å²) >= 11 is 0. The summed E-state index contributed by atoms with van der Waals surface area (Å²) in [4.78, 5) is 5.01. The molecule has 0 amide bonds. The van der Waals surface area contributed by atoms with Crippen molar-refractivity contribution in [3.8, 4) is 50.9 Å². The van der Waals surface area contributed by atoms with Crippen molar-refractivity contribution in [2.24, 2.45) is 0 Å². The molecule has 0 unspecified atom stereocenters. The minimum absolute atomic E-state index is 0. The number of ether oxygens (including phenoxy) is 1. The number of pyridine rings is 1. The molecule has 7 aromatic carbocycles. The number of aromatic nitrogens is 4. The van der Waals surface area contributed by atoms with E-state index in [9.17, 15) is 0 Å². The predicted molar refractivity (Wildman–Crippen MR) is 236 cm³/mol. The van der Waals surface area contributed by atoms with E-state index >= 15 is 0 Å². The van der Waals surface area contributed by atoms with Gasteiger partial charge in [0.15, 0.2) is 0 Å². The van der Waals surface area contributed by atoms with Crippen molar-refractivity contribution >= 4 is 32.8 Å². The van der Waals surface area contributed by atoms with E-state index in [1.54, 1.807) is 0 Å². The average molecular weight is 945 g/mol. The summed E-state index contributed by atoms with van der Waals surface area (Å²) in [6.45, 7) is 6.70. The van der Waals surface area contributed by atoms with Crippen molar-refractivity contribution in [1.82, 2.24) is 14.1 Å². The molecule has 3 heterocycles. The van der Waals surface area contributed by atoms with Crippen LogP contribution in [0.15, 0.2) is 176 Å². The second-order valence-corrected chi connectivity index (χ2v) is 15.3. The van der Waals surface area contributed by atoms with Gasteiger partial charge in [0.2, 0.25) is 0 Å². The molecular formula is C53H41N4OPt+. The van der Waals surface area contributed by atoms with Gasteiger partial charge >= 0.3 is 21.1 Å². The number of nitrogens with zero attached hydrogens (tertiary/aromatic N) is 4. The van der Waals surface area contributed by atoms with Gasteiger partial charge in [0.1, 0.15) is 5.82 Å². The molecule has 10 aromatic rings. The number of rotatable bonds is 7. The molecule has 10 rings (SSSR count). The van der Waals surface area contributed by atoms with Crippen LogP contribution in [0.1, 0.15) is 26.3 Å². The van der Waals surface area contributed by atoms with Crippen LogP contribution in [0.2, 0.25) is 0 Å². The molecule has 6 heteroatoms. The fraction of sp³-hybridized carbons (Fsp3) is 0.0755. The van der Waals surface area contributed by atoms with Crippen LogP contribution >= 0.6 is 0 Å². The molecule has 0 aliphatic rings. The van der Waals surface area contributed by atoms with Gasteiger partial charge in [-0.1, -0.05) is 135 Å². The third-order valence-corrected chi connectivity index (χ3v) is 10.6. The molecule has 59 heavy (non-hydrogen) atoms. The third-order valence-electron chi connectivity index (χ3n) is 10.6. The van der Waals surface area contributed by atoms with Gasteiger partial charge in [-0.05, 0) is 69.1 Å². The van der Waals surface area contributed by atoms with Crippen LogP contribution < -0.4 is 9.30 Å². The van der Waals surface area contributed by atoms with E-state index in [-0.39, 0.29) is 33.9 Å². The summed E-state index contributed by atoms with van der Waals surface area (Å²) in [6.07, 6.45) is 5.47. The SMILES string of the molecule is CC(C)(C)c1ccnc(-n2c3[c-]c(Oc4[c-]c(-n5[c-][n+](-c6ccccc6)c6ccccc65)ccc4)ccc3c3cc(-c4ccccc4)cc(-c4ccccc4)c32)c1.[CH3-].[Pt+4]. The summed E-state index contributed by atoms with van der Waals surface area (Å²) in [5.74, 6) is 1.99. The monoisotopic (exact) mass is 944 g/mol. The van der Waals surface area contributed by atoms with E-state index in [0.717, 1.165) is 72.3 Å². The van der Waals surface area contributed by atoms with Crippen LogP contribution in [0.3, 0.4) is 0 Å². The van der Waals surface area contributed by atoms with E-state index in [4.69, 9.17) is 9.72 Å². The topological polar surface area (TPSA) is 35.9 Å². The molecule has 0 saturated carbocycles. The van der Waals surface area contributed by atoms with Crippen LogP contribution in [0.25, 0.3) is 72.3 Å². The molecule has 5 nitrogen and oxygen atoms in total. The summed E-state index contributed by atoms with van der Waals surface area (Å²) < 4.78 is 13.0. The molecule has 0 spiro atoms. The third kappa shape index (κ3) is 7.28. The van der Waals surface area contributed by atoms with Gasteiger partial charge in [-0.25, -0.2) is 4.98 Å². The molecule has 0 N–H and O–H groups in total. The van der Waals surface area contributed by atoms with Crippen LogP contribution in [-0.4, -0.2) is 14.1 Å². The zero-order chi connectivity index (χ0) is 38.5. The molecule has 0 bridgehead atoms. The number of hydrogen-bond acceptors (Lipinski definition) is 2. The molecular weight excluding hydrogens is 904 g/mol. The molecule has 0 aliphatic carbocycles. The number of benzene rings is 7. The fourth-order valence-corrected chi connectivity index (χ4v) is 7.73. The van der Waals surface area contributed by atoms with Gasteiger partial charge in [0.05, 0.1) is 16.7 Å². The maximum Gasteiger partial charge on any atom is 4.00 e. The van der Waals surface area contributed by atoms with E-state index < -0.39 is 0 Å². The molecule has 0 fully saturated rings. The minimum atomic E-state index is -0.0686. The van der Waals surface area contributed by atoms with E-state index in [2.05, 4.69) is 170 Å². The zero-order valence-electron chi connectivity index (χ0n) is 33.3. The molecule has 0 atom stereocenters. The van der Waals surface area contributed by atoms with Gasteiger partial charge < -0.3 is 21.3 Å².